The number of rotatable bonds is 4. The molecule has 4 amide bonds. The normalized spacial score (nSPS) is 14.0. The van der Waals surface area contributed by atoms with Crippen molar-refractivity contribution >= 4 is 29.3 Å². The van der Waals surface area contributed by atoms with Gasteiger partial charge in [-0.3, -0.25) is 24.1 Å². The highest BCUT2D eigenvalue weighted by atomic mass is 16.2. The molecular formula is C19H17N3O4. The van der Waals surface area contributed by atoms with Gasteiger partial charge in [-0.05, 0) is 43.3 Å². The first kappa shape index (κ1) is 17.3. The number of hydrogen-bond acceptors (Lipinski definition) is 4. The lowest BCUT2D eigenvalue weighted by atomic mass is 10.1. The molecule has 1 aliphatic rings. The molecule has 0 fully saturated rings. The van der Waals surface area contributed by atoms with Crippen LogP contribution in [0, 0.1) is 0 Å². The van der Waals surface area contributed by atoms with Crippen LogP contribution in [0.25, 0.3) is 0 Å². The molecule has 2 N–H and O–H groups in total. The molecule has 26 heavy (non-hydrogen) atoms. The SMILES string of the molecule is CNC(=O)c1ccc(NC(=O)C(C)N2C(=O)c3ccccc3C2=O)cc1. The second-order valence-electron chi connectivity index (χ2n) is 5.85. The molecular weight excluding hydrogens is 334 g/mol. The molecule has 7 nitrogen and oxygen atoms in total. The fourth-order valence-electron chi connectivity index (χ4n) is 2.77. The molecule has 1 heterocycles. The van der Waals surface area contributed by atoms with Crippen LogP contribution in [0.2, 0.25) is 0 Å². The van der Waals surface area contributed by atoms with Gasteiger partial charge in [0, 0.05) is 18.3 Å². The van der Waals surface area contributed by atoms with Crippen molar-refractivity contribution in [2.75, 3.05) is 12.4 Å². The van der Waals surface area contributed by atoms with Gasteiger partial charge < -0.3 is 10.6 Å². The van der Waals surface area contributed by atoms with Crippen LogP contribution >= 0.6 is 0 Å². The van der Waals surface area contributed by atoms with E-state index in [0.29, 0.717) is 22.4 Å². The van der Waals surface area contributed by atoms with E-state index in [1.54, 1.807) is 48.5 Å². The zero-order valence-electron chi connectivity index (χ0n) is 14.3. The van der Waals surface area contributed by atoms with Gasteiger partial charge in [0.25, 0.3) is 17.7 Å². The van der Waals surface area contributed by atoms with E-state index in [-0.39, 0.29) is 5.91 Å². The molecule has 0 bridgehead atoms. The quantitative estimate of drug-likeness (QED) is 0.819. The fourth-order valence-corrected chi connectivity index (χ4v) is 2.77. The Labute approximate surface area is 150 Å². The Bertz CT molecular complexity index is 870. The zero-order valence-corrected chi connectivity index (χ0v) is 14.3. The van der Waals surface area contributed by atoms with Crippen LogP contribution in [0.1, 0.15) is 38.0 Å². The summed E-state index contributed by atoms with van der Waals surface area (Å²) in [6.45, 7) is 1.50. The van der Waals surface area contributed by atoms with Gasteiger partial charge in [-0.25, -0.2) is 0 Å². The van der Waals surface area contributed by atoms with Crippen LogP contribution < -0.4 is 10.6 Å². The smallest absolute Gasteiger partial charge is 0.262 e. The first-order valence-corrected chi connectivity index (χ1v) is 8.04. The topological polar surface area (TPSA) is 95.6 Å². The van der Waals surface area contributed by atoms with Crippen LogP contribution in [-0.4, -0.2) is 41.6 Å². The van der Waals surface area contributed by atoms with Gasteiger partial charge in [0.15, 0.2) is 0 Å². The zero-order chi connectivity index (χ0) is 18.8. The van der Waals surface area contributed by atoms with E-state index >= 15 is 0 Å². The first-order chi connectivity index (χ1) is 12.4. The van der Waals surface area contributed by atoms with Crippen molar-refractivity contribution in [2.45, 2.75) is 13.0 Å². The number of nitrogens with zero attached hydrogens (tertiary/aromatic N) is 1. The van der Waals surface area contributed by atoms with Crippen LogP contribution in [0.5, 0.6) is 0 Å². The van der Waals surface area contributed by atoms with E-state index in [9.17, 15) is 19.2 Å². The third-order valence-electron chi connectivity index (χ3n) is 4.23. The molecule has 0 aliphatic carbocycles. The van der Waals surface area contributed by atoms with Crippen LogP contribution in [0.3, 0.4) is 0 Å². The highest BCUT2D eigenvalue weighted by molar-refractivity contribution is 6.23. The van der Waals surface area contributed by atoms with Gasteiger partial charge in [-0.15, -0.1) is 0 Å². The summed E-state index contributed by atoms with van der Waals surface area (Å²) in [4.78, 5) is 49.8. The number of imide groups is 1. The van der Waals surface area contributed by atoms with Gasteiger partial charge in [-0.2, -0.15) is 0 Å². The Balaban J connectivity index is 1.74. The standard InChI is InChI=1S/C19H17N3O4/c1-11(22-18(25)14-5-3-4-6-15(14)19(22)26)16(23)21-13-9-7-12(8-10-13)17(24)20-2/h3-11H,1-2H3,(H,20,24)(H,21,23). The summed E-state index contributed by atoms with van der Waals surface area (Å²) in [5.74, 6) is -1.69. The molecule has 7 heteroatoms. The van der Waals surface area contributed by atoms with E-state index in [2.05, 4.69) is 10.6 Å². The maximum absolute atomic E-state index is 12.5. The number of nitrogens with one attached hydrogen (secondary N) is 2. The lowest BCUT2D eigenvalue weighted by Crippen LogP contribution is -2.45. The average molecular weight is 351 g/mol. The van der Waals surface area contributed by atoms with Crippen molar-refractivity contribution in [3.8, 4) is 0 Å². The van der Waals surface area contributed by atoms with Gasteiger partial charge in [0.1, 0.15) is 6.04 Å². The maximum atomic E-state index is 12.5. The van der Waals surface area contributed by atoms with Crippen molar-refractivity contribution in [1.82, 2.24) is 10.2 Å². The van der Waals surface area contributed by atoms with Crippen molar-refractivity contribution in [1.29, 1.82) is 0 Å². The van der Waals surface area contributed by atoms with E-state index in [1.165, 1.54) is 14.0 Å². The summed E-state index contributed by atoms with van der Waals surface area (Å²) in [7, 11) is 1.53. The van der Waals surface area contributed by atoms with E-state index in [1.807, 2.05) is 0 Å². The van der Waals surface area contributed by atoms with E-state index in [0.717, 1.165) is 4.90 Å². The summed E-state index contributed by atoms with van der Waals surface area (Å²) in [5, 5.41) is 5.16. The van der Waals surface area contributed by atoms with Crippen molar-refractivity contribution in [3.63, 3.8) is 0 Å². The van der Waals surface area contributed by atoms with Crippen LogP contribution in [0.4, 0.5) is 5.69 Å². The Hall–Kier alpha value is -3.48. The molecule has 0 spiro atoms. The van der Waals surface area contributed by atoms with Gasteiger partial charge in [0.05, 0.1) is 11.1 Å². The second-order valence-corrected chi connectivity index (χ2v) is 5.85. The van der Waals surface area contributed by atoms with Crippen molar-refractivity contribution < 1.29 is 19.2 Å². The molecule has 0 radical (unpaired) electrons. The molecule has 2 aromatic carbocycles. The first-order valence-electron chi connectivity index (χ1n) is 8.04. The fraction of sp³-hybridized carbons (Fsp3) is 0.158. The Morgan fingerprint density at radius 1 is 0.923 bits per heavy atom. The lowest BCUT2D eigenvalue weighted by Gasteiger charge is -2.21. The predicted molar refractivity (Wildman–Crippen MR) is 94.9 cm³/mol. The number of carbonyl (C=O) groups is 4. The minimum Gasteiger partial charge on any atom is -0.355 e. The highest BCUT2D eigenvalue weighted by Crippen LogP contribution is 2.25. The number of hydrogen-bond donors (Lipinski definition) is 2. The summed E-state index contributed by atoms with van der Waals surface area (Å²) in [5.41, 5.74) is 1.52. The number of fused-ring (bicyclic) bond motifs is 1. The molecule has 132 valence electrons. The van der Waals surface area contributed by atoms with Crippen LogP contribution in [0.15, 0.2) is 48.5 Å². The summed E-state index contributed by atoms with van der Waals surface area (Å²) < 4.78 is 0. The molecule has 0 saturated carbocycles. The molecule has 1 atom stereocenters. The lowest BCUT2D eigenvalue weighted by molar-refractivity contribution is -0.119. The molecule has 1 aliphatic heterocycles. The van der Waals surface area contributed by atoms with Gasteiger partial charge in [-0.1, -0.05) is 12.1 Å². The Morgan fingerprint density at radius 3 is 1.96 bits per heavy atom. The van der Waals surface area contributed by atoms with Crippen LogP contribution in [-0.2, 0) is 4.79 Å². The van der Waals surface area contributed by atoms with Gasteiger partial charge >= 0.3 is 0 Å². The van der Waals surface area contributed by atoms with E-state index < -0.39 is 23.8 Å². The minimum absolute atomic E-state index is 0.234. The molecule has 2 aromatic rings. The monoisotopic (exact) mass is 351 g/mol. The van der Waals surface area contributed by atoms with Gasteiger partial charge in [0.2, 0.25) is 5.91 Å². The van der Waals surface area contributed by atoms with Crippen molar-refractivity contribution in [2.24, 2.45) is 0 Å². The third kappa shape index (κ3) is 2.95. The number of benzene rings is 2. The second kappa shape index (κ2) is 6.79. The molecule has 1 unspecified atom stereocenters. The summed E-state index contributed by atoms with van der Waals surface area (Å²) >= 11 is 0. The number of anilines is 1. The minimum atomic E-state index is -0.971. The number of carbonyl (C=O) groups excluding carboxylic acids is 4. The maximum Gasteiger partial charge on any atom is 0.262 e. The summed E-state index contributed by atoms with van der Waals surface area (Å²) in [6, 6.07) is 11.8. The van der Waals surface area contributed by atoms with E-state index in [4.69, 9.17) is 0 Å². The predicted octanol–water partition coefficient (Wildman–Crippen LogP) is 1.67. The molecule has 0 saturated heterocycles. The molecule has 3 rings (SSSR count). The molecule has 0 aromatic heterocycles. The third-order valence-corrected chi connectivity index (χ3v) is 4.23. The largest absolute Gasteiger partial charge is 0.355 e. The summed E-state index contributed by atoms with van der Waals surface area (Å²) in [6.07, 6.45) is 0. The Kier molecular flexibility index (Phi) is 4.53. The number of amides is 4. The Morgan fingerprint density at radius 2 is 1.46 bits per heavy atom. The average Bonchev–Trinajstić information content (AvgIpc) is 2.92. The van der Waals surface area contributed by atoms with Crippen molar-refractivity contribution in [3.05, 3.63) is 65.2 Å². The highest BCUT2D eigenvalue weighted by Gasteiger charge is 2.40.